The molecule has 0 aliphatic rings. The predicted molar refractivity (Wildman–Crippen MR) is 76.9 cm³/mol. The molecule has 0 spiro atoms. The van der Waals surface area contributed by atoms with Crippen molar-refractivity contribution in [3.05, 3.63) is 72.1 Å². The number of pyridine rings is 1. The van der Waals surface area contributed by atoms with Crippen molar-refractivity contribution in [1.29, 1.82) is 0 Å². The summed E-state index contributed by atoms with van der Waals surface area (Å²) in [5.41, 5.74) is 3.12. The molecule has 0 saturated heterocycles. The molecule has 0 aliphatic carbocycles. The zero-order valence-electron chi connectivity index (χ0n) is 11.3. The van der Waals surface area contributed by atoms with E-state index in [1.807, 2.05) is 24.3 Å². The van der Waals surface area contributed by atoms with E-state index in [2.05, 4.69) is 10.1 Å². The Morgan fingerprint density at radius 2 is 1.90 bits per heavy atom. The lowest BCUT2D eigenvalue weighted by molar-refractivity contribution is 0.281. The topological polar surface area (TPSA) is 50.9 Å². The summed E-state index contributed by atoms with van der Waals surface area (Å²) in [6, 6.07) is 11.0. The molecular formula is C16H14FN3O. The molecule has 0 aliphatic heterocycles. The van der Waals surface area contributed by atoms with Gasteiger partial charge in [-0.05, 0) is 23.3 Å². The minimum absolute atomic E-state index is 0.0147. The summed E-state index contributed by atoms with van der Waals surface area (Å²) in [6.45, 7) is 0.592. The molecule has 0 saturated carbocycles. The van der Waals surface area contributed by atoms with Crippen molar-refractivity contribution in [2.24, 2.45) is 0 Å². The van der Waals surface area contributed by atoms with Crippen molar-refractivity contribution >= 4 is 0 Å². The number of hydrogen-bond donors (Lipinski definition) is 1. The molecule has 0 amide bonds. The Kier molecular flexibility index (Phi) is 3.75. The van der Waals surface area contributed by atoms with Gasteiger partial charge >= 0.3 is 0 Å². The molecule has 106 valence electrons. The number of benzene rings is 1. The number of nitrogens with zero attached hydrogens (tertiary/aromatic N) is 3. The van der Waals surface area contributed by atoms with Crippen LogP contribution in [0.2, 0.25) is 0 Å². The molecule has 21 heavy (non-hydrogen) atoms. The van der Waals surface area contributed by atoms with E-state index in [0.717, 1.165) is 16.7 Å². The van der Waals surface area contributed by atoms with Gasteiger partial charge in [0.05, 0.1) is 19.3 Å². The number of halogens is 1. The Labute approximate surface area is 121 Å². The minimum atomic E-state index is -0.468. The molecule has 3 rings (SSSR count). The van der Waals surface area contributed by atoms with Gasteiger partial charge in [0.1, 0.15) is 0 Å². The van der Waals surface area contributed by atoms with E-state index in [9.17, 15) is 4.39 Å². The number of aliphatic hydroxyl groups excluding tert-OH is 1. The summed E-state index contributed by atoms with van der Waals surface area (Å²) in [4.78, 5) is 3.65. The van der Waals surface area contributed by atoms with E-state index in [0.29, 0.717) is 12.1 Å². The third-order valence-corrected chi connectivity index (χ3v) is 3.24. The van der Waals surface area contributed by atoms with Crippen LogP contribution in [-0.4, -0.2) is 19.9 Å². The van der Waals surface area contributed by atoms with Crippen LogP contribution in [-0.2, 0) is 13.2 Å². The van der Waals surface area contributed by atoms with Crippen LogP contribution in [0, 0.1) is 5.95 Å². The van der Waals surface area contributed by atoms with E-state index in [1.165, 1.54) is 6.20 Å². The Balaban J connectivity index is 1.79. The van der Waals surface area contributed by atoms with Crippen LogP contribution in [0.3, 0.4) is 0 Å². The quantitative estimate of drug-likeness (QED) is 0.749. The van der Waals surface area contributed by atoms with Crippen LogP contribution in [0.4, 0.5) is 4.39 Å². The zero-order chi connectivity index (χ0) is 14.7. The fourth-order valence-corrected chi connectivity index (χ4v) is 2.15. The second-order valence-electron chi connectivity index (χ2n) is 4.74. The van der Waals surface area contributed by atoms with Crippen LogP contribution in [0.1, 0.15) is 11.1 Å². The highest BCUT2D eigenvalue weighted by atomic mass is 19.1. The first-order chi connectivity index (χ1) is 10.3. The van der Waals surface area contributed by atoms with Gasteiger partial charge in [-0.25, -0.2) is 4.98 Å². The monoisotopic (exact) mass is 283 g/mol. The third kappa shape index (κ3) is 2.98. The van der Waals surface area contributed by atoms with Crippen molar-refractivity contribution in [1.82, 2.24) is 14.8 Å². The van der Waals surface area contributed by atoms with Crippen LogP contribution >= 0.6 is 0 Å². The number of aliphatic hydroxyl groups is 1. The maximum atomic E-state index is 13.6. The predicted octanol–water partition coefficient (Wildman–Crippen LogP) is 2.62. The molecule has 1 N–H and O–H groups in total. The lowest BCUT2D eigenvalue weighted by atomic mass is 10.1. The molecule has 2 heterocycles. The van der Waals surface area contributed by atoms with E-state index in [1.54, 1.807) is 29.2 Å². The molecule has 0 radical (unpaired) electrons. The highest BCUT2D eigenvalue weighted by molar-refractivity contribution is 5.63. The Bertz CT molecular complexity index is 737. The van der Waals surface area contributed by atoms with Gasteiger partial charge in [0, 0.05) is 23.5 Å². The van der Waals surface area contributed by atoms with Crippen LogP contribution in [0.25, 0.3) is 11.1 Å². The molecule has 2 aromatic heterocycles. The molecule has 4 nitrogen and oxygen atoms in total. The summed E-state index contributed by atoms with van der Waals surface area (Å²) >= 11 is 0. The van der Waals surface area contributed by atoms with Gasteiger partial charge in [0.2, 0.25) is 5.95 Å². The molecule has 0 unspecified atom stereocenters. The van der Waals surface area contributed by atoms with E-state index < -0.39 is 5.95 Å². The van der Waals surface area contributed by atoms with Gasteiger partial charge < -0.3 is 5.11 Å². The Morgan fingerprint density at radius 3 is 2.57 bits per heavy atom. The Morgan fingerprint density at radius 1 is 1.10 bits per heavy atom. The maximum Gasteiger partial charge on any atom is 0.220 e. The van der Waals surface area contributed by atoms with Crippen LogP contribution < -0.4 is 0 Å². The first kappa shape index (κ1) is 13.5. The standard InChI is InChI=1S/C16H14FN3O/c17-16-15(2-1-7-18-16)14-5-3-12(4-6-14)9-20-10-13(11-21)8-19-20/h1-8,10,21H,9,11H2. The van der Waals surface area contributed by atoms with Crippen molar-refractivity contribution in [3.8, 4) is 11.1 Å². The highest BCUT2D eigenvalue weighted by Crippen LogP contribution is 2.21. The molecule has 0 fully saturated rings. The summed E-state index contributed by atoms with van der Waals surface area (Å²) in [7, 11) is 0. The van der Waals surface area contributed by atoms with Crippen molar-refractivity contribution in [2.75, 3.05) is 0 Å². The molecule has 0 atom stereocenters. The number of aromatic nitrogens is 3. The van der Waals surface area contributed by atoms with Gasteiger partial charge in [-0.3, -0.25) is 4.68 Å². The van der Waals surface area contributed by atoms with Crippen molar-refractivity contribution in [2.45, 2.75) is 13.2 Å². The summed E-state index contributed by atoms with van der Waals surface area (Å²) in [5, 5.41) is 13.2. The third-order valence-electron chi connectivity index (χ3n) is 3.24. The second kappa shape index (κ2) is 5.85. The summed E-state index contributed by atoms with van der Waals surface area (Å²) < 4.78 is 15.4. The van der Waals surface area contributed by atoms with Crippen molar-refractivity contribution < 1.29 is 9.50 Å². The average Bonchev–Trinajstić information content (AvgIpc) is 2.96. The van der Waals surface area contributed by atoms with Gasteiger partial charge in [-0.1, -0.05) is 24.3 Å². The average molecular weight is 283 g/mol. The van der Waals surface area contributed by atoms with Gasteiger partial charge in [-0.2, -0.15) is 9.49 Å². The largest absolute Gasteiger partial charge is 0.392 e. The number of hydrogen-bond acceptors (Lipinski definition) is 3. The lowest BCUT2D eigenvalue weighted by Crippen LogP contribution is -1.99. The van der Waals surface area contributed by atoms with E-state index in [-0.39, 0.29) is 6.61 Å². The molecule has 0 bridgehead atoms. The maximum absolute atomic E-state index is 13.6. The first-order valence-electron chi connectivity index (χ1n) is 6.58. The molecular weight excluding hydrogens is 269 g/mol. The minimum Gasteiger partial charge on any atom is -0.392 e. The van der Waals surface area contributed by atoms with Crippen LogP contribution in [0.5, 0.6) is 0 Å². The van der Waals surface area contributed by atoms with E-state index >= 15 is 0 Å². The molecule has 3 aromatic rings. The van der Waals surface area contributed by atoms with E-state index in [4.69, 9.17) is 5.11 Å². The summed E-state index contributed by atoms with van der Waals surface area (Å²) in [5.74, 6) is -0.468. The highest BCUT2D eigenvalue weighted by Gasteiger charge is 2.05. The summed E-state index contributed by atoms with van der Waals surface area (Å²) in [6.07, 6.45) is 4.87. The smallest absolute Gasteiger partial charge is 0.220 e. The first-order valence-corrected chi connectivity index (χ1v) is 6.58. The normalized spacial score (nSPS) is 10.8. The molecule has 1 aromatic carbocycles. The Hall–Kier alpha value is -2.53. The second-order valence-corrected chi connectivity index (χ2v) is 4.74. The van der Waals surface area contributed by atoms with Gasteiger partial charge in [-0.15, -0.1) is 0 Å². The van der Waals surface area contributed by atoms with Crippen molar-refractivity contribution in [3.63, 3.8) is 0 Å². The SMILES string of the molecule is OCc1cnn(Cc2ccc(-c3cccnc3F)cc2)c1. The fourth-order valence-electron chi connectivity index (χ4n) is 2.15. The lowest BCUT2D eigenvalue weighted by Gasteiger charge is -2.05. The van der Waals surface area contributed by atoms with Gasteiger partial charge in [0.25, 0.3) is 0 Å². The van der Waals surface area contributed by atoms with Crippen LogP contribution in [0.15, 0.2) is 55.0 Å². The number of rotatable bonds is 4. The zero-order valence-corrected chi connectivity index (χ0v) is 11.3. The molecule has 5 heteroatoms. The van der Waals surface area contributed by atoms with Gasteiger partial charge in [0.15, 0.2) is 0 Å². The fraction of sp³-hybridized carbons (Fsp3) is 0.125.